The molecule has 0 bridgehead atoms. The molecule has 1 aromatic heterocycles. The van der Waals surface area contributed by atoms with Crippen LogP contribution in [-0.4, -0.2) is 68.4 Å². The molecule has 1 aliphatic carbocycles. The van der Waals surface area contributed by atoms with Crippen LogP contribution in [0.5, 0.6) is 0 Å². The molecule has 1 saturated carbocycles. The van der Waals surface area contributed by atoms with E-state index < -0.39 is 0 Å². The van der Waals surface area contributed by atoms with Gasteiger partial charge < -0.3 is 19.3 Å². The van der Waals surface area contributed by atoms with Crippen molar-refractivity contribution in [2.24, 2.45) is 5.92 Å². The highest BCUT2D eigenvalue weighted by Crippen LogP contribution is 2.28. The molecule has 0 radical (unpaired) electrons. The second kappa shape index (κ2) is 16.1. The Labute approximate surface area is 252 Å². The lowest BCUT2D eigenvalue weighted by Gasteiger charge is -2.36. The Morgan fingerprint density at radius 2 is 1.76 bits per heavy atom. The normalized spacial score (nSPS) is 17.6. The molecule has 0 atom stereocenters. The highest BCUT2D eigenvalue weighted by Gasteiger charge is 2.27. The average molecular weight is 574 g/mol. The van der Waals surface area contributed by atoms with Crippen molar-refractivity contribution in [3.8, 4) is 11.3 Å². The Bertz CT molecular complexity index is 1290. The van der Waals surface area contributed by atoms with Crippen LogP contribution in [0.3, 0.4) is 0 Å². The maximum absolute atomic E-state index is 10.9. The van der Waals surface area contributed by atoms with Crippen molar-refractivity contribution >= 4 is 11.9 Å². The second-order valence-corrected chi connectivity index (χ2v) is 11.9. The van der Waals surface area contributed by atoms with Gasteiger partial charge in [-0.25, -0.2) is 9.97 Å². The zero-order valence-corrected chi connectivity index (χ0v) is 26.4. The van der Waals surface area contributed by atoms with E-state index in [1.165, 1.54) is 43.1 Å². The Balaban J connectivity index is 0.000000408. The molecule has 2 aromatic rings. The van der Waals surface area contributed by atoms with Gasteiger partial charge in [0.1, 0.15) is 12.3 Å². The number of allylic oxidation sites excluding steroid dienone is 3. The number of anilines is 1. The fourth-order valence-electron chi connectivity index (χ4n) is 5.40. The van der Waals surface area contributed by atoms with Crippen molar-refractivity contribution in [3.63, 3.8) is 0 Å². The quantitative estimate of drug-likeness (QED) is 0.149. The first-order valence-electron chi connectivity index (χ1n) is 15.0. The van der Waals surface area contributed by atoms with Crippen LogP contribution in [0.1, 0.15) is 52.4 Å². The second-order valence-electron chi connectivity index (χ2n) is 11.9. The maximum Gasteiger partial charge on any atom is 0.308 e. The van der Waals surface area contributed by atoms with Crippen LogP contribution in [0.25, 0.3) is 11.3 Å². The average Bonchev–Trinajstić information content (AvgIpc) is 3.01. The number of aromatic nitrogens is 2. The minimum Gasteiger partial charge on any atom is -0.497 e. The van der Waals surface area contributed by atoms with Gasteiger partial charge in [-0.2, -0.15) is 0 Å². The predicted molar refractivity (Wildman–Crippen MR) is 172 cm³/mol. The molecule has 226 valence electrons. The van der Waals surface area contributed by atoms with E-state index in [4.69, 9.17) is 9.72 Å². The van der Waals surface area contributed by atoms with E-state index in [-0.39, 0.29) is 11.9 Å². The van der Waals surface area contributed by atoms with Gasteiger partial charge in [0, 0.05) is 30.3 Å². The molecule has 4 rings (SSSR count). The number of rotatable bonds is 9. The standard InChI is InChI=1S/C27H35N4O.C8H14O2/c1-20(2)26(32-6)13-12-21(3)24-19-31(4,5)17-15-23(24)18-29-27-28-16-14-25(30-27)22-10-8-7-9-11-22;1-10-8(9)7-5-3-2-4-6-7/h7-14,16H,1,15,17-19H2,2-6H3,(H,28,29,30);7H,2-6H2,1H3/q+1;/b21-12+,26-13+;. The number of nitrogens with zero attached hydrogens (tertiary/aromatic N) is 3. The number of hydrogen-bond acceptors (Lipinski definition) is 6. The number of nitrogens with one attached hydrogen (secondary N) is 1. The summed E-state index contributed by atoms with van der Waals surface area (Å²) in [6, 6.07) is 12.1. The lowest BCUT2D eigenvalue weighted by atomic mass is 9.89. The monoisotopic (exact) mass is 573 g/mol. The van der Waals surface area contributed by atoms with Crippen LogP contribution < -0.4 is 5.32 Å². The molecule has 1 N–H and O–H groups in total. The number of quaternary nitrogens is 1. The van der Waals surface area contributed by atoms with Gasteiger partial charge in [-0.3, -0.25) is 4.79 Å². The number of ether oxygens (including phenoxy) is 2. The van der Waals surface area contributed by atoms with E-state index in [9.17, 15) is 4.79 Å². The summed E-state index contributed by atoms with van der Waals surface area (Å²) in [5, 5.41) is 3.46. The van der Waals surface area contributed by atoms with Crippen LogP contribution in [0.2, 0.25) is 0 Å². The van der Waals surface area contributed by atoms with Gasteiger partial charge in [0.2, 0.25) is 5.95 Å². The lowest BCUT2D eigenvalue weighted by molar-refractivity contribution is -0.887. The number of benzene rings is 1. The summed E-state index contributed by atoms with van der Waals surface area (Å²) in [6.07, 6.45) is 12.7. The molecule has 1 fully saturated rings. The zero-order valence-electron chi connectivity index (χ0n) is 26.4. The van der Waals surface area contributed by atoms with Crippen molar-refractivity contribution in [1.82, 2.24) is 9.97 Å². The topological polar surface area (TPSA) is 73.3 Å². The smallest absolute Gasteiger partial charge is 0.308 e. The van der Waals surface area contributed by atoms with Gasteiger partial charge >= 0.3 is 5.97 Å². The van der Waals surface area contributed by atoms with E-state index >= 15 is 0 Å². The first-order valence-corrected chi connectivity index (χ1v) is 15.0. The molecule has 7 nitrogen and oxygen atoms in total. The lowest BCUT2D eigenvalue weighted by Crippen LogP contribution is -2.45. The minimum atomic E-state index is -0.0142. The third-order valence-electron chi connectivity index (χ3n) is 7.96. The van der Waals surface area contributed by atoms with Crippen molar-refractivity contribution < 1.29 is 18.8 Å². The minimum absolute atomic E-state index is 0.0142. The summed E-state index contributed by atoms with van der Waals surface area (Å²) in [5.74, 6) is 1.65. The van der Waals surface area contributed by atoms with Crippen LogP contribution in [0.4, 0.5) is 5.95 Å². The first kappa shape index (κ1) is 32.8. The molecule has 0 spiro atoms. The molecule has 1 aromatic carbocycles. The van der Waals surface area contributed by atoms with E-state index in [0.29, 0.717) is 5.95 Å². The molecule has 0 amide bonds. The summed E-state index contributed by atoms with van der Waals surface area (Å²) in [5.41, 5.74) is 6.98. The summed E-state index contributed by atoms with van der Waals surface area (Å²) in [4.78, 5) is 20.1. The van der Waals surface area contributed by atoms with Crippen LogP contribution in [-0.2, 0) is 14.3 Å². The van der Waals surface area contributed by atoms with E-state index in [2.05, 4.69) is 60.8 Å². The molecular weight excluding hydrogens is 524 g/mol. The molecule has 0 saturated heterocycles. The molecule has 2 aliphatic rings. The molecule has 42 heavy (non-hydrogen) atoms. The molecule has 2 heterocycles. The molecule has 1 aliphatic heterocycles. The summed E-state index contributed by atoms with van der Waals surface area (Å²) in [7, 11) is 7.72. The Hall–Kier alpha value is -3.71. The van der Waals surface area contributed by atoms with Crippen molar-refractivity contribution in [1.29, 1.82) is 0 Å². The van der Waals surface area contributed by atoms with Crippen molar-refractivity contribution in [3.05, 3.63) is 89.4 Å². The highest BCUT2D eigenvalue weighted by molar-refractivity contribution is 5.72. The van der Waals surface area contributed by atoms with E-state index in [1.807, 2.05) is 43.5 Å². The fourth-order valence-corrected chi connectivity index (χ4v) is 5.40. The van der Waals surface area contributed by atoms with Crippen LogP contribution in [0.15, 0.2) is 89.4 Å². The fraction of sp³-hybridized carbons (Fsp3) is 0.457. The SMILES string of the molecule is C=C(C)/C(=C\C=C(/C)C1=C(CNc2nccc(-c3ccccc3)n2)CC[N+](C)(C)C1)OC.COC(=O)C1CCCCC1. The number of esters is 1. The largest absolute Gasteiger partial charge is 0.497 e. The van der Waals surface area contributed by atoms with Gasteiger partial charge in [0.25, 0.3) is 0 Å². The van der Waals surface area contributed by atoms with Crippen molar-refractivity contribution in [2.45, 2.75) is 52.4 Å². The maximum atomic E-state index is 10.9. The Kier molecular flexibility index (Phi) is 12.5. The number of carbonyl (C=O) groups excluding carboxylic acids is 1. The van der Waals surface area contributed by atoms with Gasteiger partial charge in [-0.05, 0) is 55.6 Å². The zero-order chi connectivity index (χ0) is 30.5. The number of carbonyl (C=O) groups is 1. The summed E-state index contributed by atoms with van der Waals surface area (Å²) >= 11 is 0. The summed E-state index contributed by atoms with van der Waals surface area (Å²) in [6.45, 7) is 11.0. The molecule has 7 heteroatoms. The Morgan fingerprint density at radius 1 is 1.05 bits per heavy atom. The first-order chi connectivity index (χ1) is 20.1. The Morgan fingerprint density at radius 3 is 2.40 bits per heavy atom. The number of methoxy groups -OCH3 is 2. The van der Waals surface area contributed by atoms with Crippen molar-refractivity contribution in [2.75, 3.05) is 53.3 Å². The third-order valence-corrected chi connectivity index (χ3v) is 7.96. The van der Waals surface area contributed by atoms with E-state index in [0.717, 1.165) is 66.0 Å². The van der Waals surface area contributed by atoms with Gasteiger partial charge in [0.05, 0.1) is 46.5 Å². The number of likely N-dealkylation sites (N-methyl/N-ethyl adjacent to an activating group) is 1. The van der Waals surface area contributed by atoms with Gasteiger partial charge in [-0.15, -0.1) is 0 Å². The third kappa shape index (κ3) is 9.98. The van der Waals surface area contributed by atoms with E-state index in [1.54, 1.807) is 7.11 Å². The molecule has 0 unspecified atom stereocenters. The van der Waals surface area contributed by atoms with Gasteiger partial charge in [-0.1, -0.05) is 62.2 Å². The summed E-state index contributed by atoms with van der Waals surface area (Å²) < 4.78 is 11.1. The molecular formula is C35H49N4O3+. The number of hydrogen-bond donors (Lipinski definition) is 1. The van der Waals surface area contributed by atoms with Crippen LogP contribution in [0, 0.1) is 5.92 Å². The van der Waals surface area contributed by atoms with Gasteiger partial charge in [0.15, 0.2) is 0 Å². The van der Waals surface area contributed by atoms with Crippen LogP contribution >= 0.6 is 0 Å². The highest BCUT2D eigenvalue weighted by atomic mass is 16.5. The predicted octanol–water partition coefficient (Wildman–Crippen LogP) is 7.12.